The second-order valence-corrected chi connectivity index (χ2v) is 7.32. The number of hydrogen-bond donors (Lipinski definition) is 2. The Morgan fingerprint density at radius 2 is 1.97 bits per heavy atom. The van der Waals surface area contributed by atoms with E-state index in [0.29, 0.717) is 11.4 Å². The van der Waals surface area contributed by atoms with Crippen LogP contribution in [0, 0.1) is 5.82 Å². The minimum absolute atomic E-state index is 0.214. The summed E-state index contributed by atoms with van der Waals surface area (Å²) in [6, 6.07) is 9.27. The van der Waals surface area contributed by atoms with Crippen LogP contribution in [0.3, 0.4) is 0 Å². The van der Waals surface area contributed by atoms with Crippen LogP contribution in [0.25, 0.3) is 16.9 Å². The second-order valence-electron chi connectivity index (χ2n) is 7.32. The molecule has 4 heterocycles. The van der Waals surface area contributed by atoms with Gasteiger partial charge in [-0.2, -0.15) is 5.10 Å². The molecule has 29 heavy (non-hydrogen) atoms. The van der Waals surface area contributed by atoms with E-state index in [2.05, 4.69) is 37.3 Å². The van der Waals surface area contributed by atoms with Crippen LogP contribution in [-0.2, 0) is 0 Å². The lowest BCUT2D eigenvalue weighted by molar-refractivity contribution is 0.311. The largest absolute Gasteiger partial charge is 0.367 e. The number of pyridine rings is 1. The molecule has 1 saturated heterocycles. The molecule has 0 radical (unpaired) electrons. The summed E-state index contributed by atoms with van der Waals surface area (Å²) in [7, 11) is 2.09. The molecule has 1 fully saturated rings. The van der Waals surface area contributed by atoms with E-state index >= 15 is 0 Å². The zero-order valence-electron chi connectivity index (χ0n) is 16.1. The number of aromatic nitrogens is 4. The van der Waals surface area contributed by atoms with Crippen LogP contribution in [0.4, 0.5) is 21.5 Å². The molecule has 0 saturated carbocycles. The number of nitrogens with one attached hydrogen (secondary N) is 2. The van der Waals surface area contributed by atoms with E-state index in [1.165, 1.54) is 0 Å². The molecule has 1 aliphatic heterocycles. The highest BCUT2D eigenvalue weighted by atomic mass is 19.1. The number of aromatic amines is 1. The van der Waals surface area contributed by atoms with Crippen molar-refractivity contribution in [3.63, 3.8) is 0 Å². The number of piperazine rings is 1. The summed E-state index contributed by atoms with van der Waals surface area (Å²) in [5.74, 6) is -0.214. The summed E-state index contributed by atoms with van der Waals surface area (Å²) in [6.45, 7) is 3.56. The predicted octanol–water partition coefficient (Wildman–Crippen LogP) is 3.36. The van der Waals surface area contributed by atoms with Crippen molar-refractivity contribution in [3.05, 3.63) is 60.9 Å². The SMILES string of the molecule is CN1CCN(c2ccc(Nc3ccc(-c4cn[nH]c4)n4ccnc34)cc2F)CC1. The molecule has 0 amide bonds. The van der Waals surface area contributed by atoms with E-state index < -0.39 is 0 Å². The number of rotatable bonds is 4. The Morgan fingerprint density at radius 1 is 1.10 bits per heavy atom. The van der Waals surface area contributed by atoms with E-state index in [1.807, 2.05) is 41.1 Å². The van der Waals surface area contributed by atoms with Crippen LogP contribution in [0.2, 0.25) is 0 Å². The third-order valence-corrected chi connectivity index (χ3v) is 5.41. The molecule has 0 aliphatic carbocycles. The lowest BCUT2D eigenvalue weighted by atomic mass is 10.2. The van der Waals surface area contributed by atoms with Gasteiger partial charge in [-0.25, -0.2) is 9.37 Å². The van der Waals surface area contributed by atoms with E-state index in [0.717, 1.165) is 48.8 Å². The molecular weight excluding hydrogens is 369 g/mol. The number of likely N-dealkylation sites (N-methyl/N-ethyl adjacent to an activating group) is 1. The van der Waals surface area contributed by atoms with Crippen molar-refractivity contribution in [2.45, 2.75) is 0 Å². The highest BCUT2D eigenvalue weighted by Crippen LogP contribution is 2.29. The Hall–Kier alpha value is -3.39. The molecular formula is C21H22FN7. The van der Waals surface area contributed by atoms with Crippen molar-refractivity contribution in [2.24, 2.45) is 0 Å². The quantitative estimate of drug-likeness (QED) is 0.559. The van der Waals surface area contributed by atoms with Gasteiger partial charge in [0.25, 0.3) is 0 Å². The van der Waals surface area contributed by atoms with Gasteiger partial charge in [-0.15, -0.1) is 0 Å². The van der Waals surface area contributed by atoms with Crippen LogP contribution in [-0.4, -0.2) is 57.7 Å². The van der Waals surface area contributed by atoms with Crippen molar-refractivity contribution < 1.29 is 4.39 Å². The number of nitrogens with zero attached hydrogens (tertiary/aromatic N) is 5. The minimum Gasteiger partial charge on any atom is -0.367 e. The minimum atomic E-state index is -0.214. The first-order valence-electron chi connectivity index (χ1n) is 9.64. The highest BCUT2D eigenvalue weighted by Gasteiger charge is 2.18. The monoisotopic (exact) mass is 391 g/mol. The average molecular weight is 391 g/mol. The van der Waals surface area contributed by atoms with Gasteiger partial charge < -0.3 is 15.1 Å². The topological polar surface area (TPSA) is 64.5 Å². The predicted molar refractivity (Wildman–Crippen MR) is 112 cm³/mol. The molecule has 0 unspecified atom stereocenters. The van der Waals surface area contributed by atoms with Crippen LogP contribution in [0.15, 0.2) is 55.1 Å². The first-order valence-corrected chi connectivity index (χ1v) is 9.64. The van der Waals surface area contributed by atoms with E-state index in [1.54, 1.807) is 18.5 Å². The average Bonchev–Trinajstić information content (AvgIpc) is 3.42. The zero-order chi connectivity index (χ0) is 19.8. The first-order chi connectivity index (χ1) is 14.2. The standard InChI is InChI=1S/C21H22FN7/c1-27-8-10-28(11-9-27)20-4-2-16(12-17(20)22)26-18-3-5-19(15-13-24-25-14-15)29-7-6-23-21(18)29/h2-7,12-14,26H,8-11H2,1H3,(H,24,25). The molecule has 5 rings (SSSR count). The van der Waals surface area contributed by atoms with Crippen molar-refractivity contribution in [2.75, 3.05) is 43.4 Å². The summed E-state index contributed by atoms with van der Waals surface area (Å²) in [6.07, 6.45) is 7.27. The fourth-order valence-corrected chi connectivity index (χ4v) is 3.78. The van der Waals surface area contributed by atoms with Crippen LogP contribution in [0.1, 0.15) is 0 Å². The number of benzene rings is 1. The van der Waals surface area contributed by atoms with Crippen molar-refractivity contribution >= 4 is 22.7 Å². The maximum atomic E-state index is 14.8. The third kappa shape index (κ3) is 3.31. The number of imidazole rings is 1. The molecule has 1 aromatic carbocycles. The molecule has 148 valence electrons. The number of fused-ring (bicyclic) bond motifs is 1. The van der Waals surface area contributed by atoms with E-state index in [4.69, 9.17) is 0 Å². The molecule has 4 aromatic rings. The second kappa shape index (κ2) is 7.21. The van der Waals surface area contributed by atoms with Gasteiger partial charge in [-0.3, -0.25) is 9.50 Å². The summed E-state index contributed by atoms with van der Waals surface area (Å²) >= 11 is 0. The number of halogens is 1. The van der Waals surface area contributed by atoms with Gasteiger partial charge in [0.15, 0.2) is 5.65 Å². The van der Waals surface area contributed by atoms with E-state index in [9.17, 15) is 4.39 Å². The van der Waals surface area contributed by atoms with Gasteiger partial charge in [0.05, 0.1) is 23.3 Å². The number of hydrogen-bond acceptors (Lipinski definition) is 5. The lowest BCUT2D eigenvalue weighted by Crippen LogP contribution is -2.44. The molecule has 2 N–H and O–H groups in total. The Morgan fingerprint density at radius 3 is 2.72 bits per heavy atom. The first kappa shape index (κ1) is 17.7. The third-order valence-electron chi connectivity index (χ3n) is 5.41. The Labute approximate surface area is 167 Å². The van der Waals surface area contributed by atoms with Gasteiger partial charge in [0, 0.05) is 56.0 Å². The summed E-state index contributed by atoms with van der Waals surface area (Å²) in [5.41, 5.74) is 4.89. The van der Waals surface area contributed by atoms with Crippen LogP contribution >= 0.6 is 0 Å². The van der Waals surface area contributed by atoms with Gasteiger partial charge in [-0.1, -0.05) is 0 Å². The Bertz CT molecular complexity index is 1130. The Kier molecular flexibility index (Phi) is 4.40. The molecule has 3 aromatic heterocycles. The number of H-pyrrole nitrogens is 1. The summed E-state index contributed by atoms with van der Waals surface area (Å²) < 4.78 is 16.8. The smallest absolute Gasteiger partial charge is 0.161 e. The molecule has 8 heteroatoms. The van der Waals surface area contributed by atoms with Crippen molar-refractivity contribution in [1.82, 2.24) is 24.5 Å². The maximum Gasteiger partial charge on any atom is 0.161 e. The zero-order valence-corrected chi connectivity index (χ0v) is 16.1. The summed E-state index contributed by atoms with van der Waals surface area (Å²) in [5, 5.41) is 10.2. The molecule has 7 nitrogen and oxygen atoms in total. The van der Waals surface area contributed by atoms with Gasteiger partial charge >= 0.3 is 0 Å². The van der Waals surface area contributed by atoms with Crippen molar-refractivity contribution in [3.8, 4) is 11.3 Å². The molecule has 0 bridgehead atoms. The van der Waals surface area contributed by atoms with Crippen LogP contribution in [0.5, 0.6) is 0 Å². The maximum absolute atomic E-state index is 14.8. The van der Waals surface area contributed by atoms with Gasteiger partial charge in [0.2, 0.25) is 0 Å². The van der Waals surface area contributed by atoms with Crippen molar-refractivity contribution in [1.29, 1.82) is 0 Å². The molecule has 0 spiro atoms. The lowest BCUT2D eigenvalue weighted by Gasteiger charge is -2.34. The Balaban J connectivity index is 1.42. The molecule has 1 aliphatic rings. The van der Waals surface area contributed by atoms with Gasteiger partial charge in [0.1, 0.15) is 5.82 Å². The van der Waals surface area contributed by atoms with E-state index in [-0.39, 0.29) is 5.82 Å². The van der Waals surface area contributed by atoms with Gasteiger partial charge in [-0.05, 0) is 37.4 Å². The fourth-order valence-electron chi connectivity index (χ4n) is 3.78. The number of anilines is 3. The fraction of sp³-hybridized carbons (Fsp3) is 0.238. The summed E-state index contributed by atoms with van der Waals surface area (Å²) in [4.78, 5) is 8.83. The highest BCUT2D eigenvalue weighted by molar-refractivity contribution is 5.78. The molecule has 0 atom stereocenters. The normalized spacial score (nSPS) is 15.2. The van der Waals surface area contributed by atoms with Crippen LogP contribution < -0.4 is 10.2 Å².